The van der Waals surface area contributed by atoms with Crippen LogP contribution in [0.3, 0.4) is 0 Å². The molecule has 0 heterocycles. The second-order valence-electron chi connectivity index (χ2n) is 8.00. The van der Waals surface area contributed by atoms with E-state index in [1.807, 2.05) is 69.3 Å². The third-order valence-electron chi connectivity index (χ3n) is 4.24. The lowest BCUT2D eigenvalue weighted by atomic mass is 10.0. The summed E-state index contributed by atoms with van der Waals surface area (Å²) in [6.07, 6.45) is 7.20. The molecular weight excluding hydrogens is 364 g/mol. The van der Waals surface area contributed by atoms with Gasteiger partial charge in [0.1, 0.15) is 11.4 Å². The first-order valence-corrected chi connectivity index (χ1v) is 10.2. The average Bonchev–Trinajstić information content (AvgIpc) is 2.69. The van der Waals surface area contributed by atoms with Crippen molar-refractivity contribution in [3.05, 3.63) is 60.2 Å². The summed E-state index contributed by atoms with van der Waals surface area (Å²) in [5.41, 5.74) is 2.68. The molecule has 2 aromatic carbocycles. The van der Waals surface area contributed by atoms with Crippen LogP contribution in [-0.2, 0) is 9.53 Å². The summed E-state index contributed by atoms with van der Waals surface area (Å²) >= 11 is 0. The van der Waals surface area contributed by atoms with E-state index >= 15 is 0 Å². The normalized spacial score (nSPS) is 11.6. The third kappa shape index (κ3) is 8.97. The molecule has 0 unspecified atom stereocenters. The Hall–Kier alpha value is -2.59. The molecule has 0 aliphatic rings. The van der Waals surface area contributed by atoms with Gasteiger partial charge in [-0.1, -0.05) is 42.8 Å². The Morgan fingerprint density at radius 1 is 0.897 bits per heavy atom. The number of aliphatic hydroxyl groups is 1. The number of hydrogen-bond acceptors (Lipinski definition) is 4. The summed E-state index contributed by atoms with van der Waals surface area (Å²) in [6, 6.07) is 16.1. The van der Waals surface area contributed by atoms with E-state index in [1.165, 1.54) is 6.08 Å². The topological polar surface area (TPSA) is 55.8 Å². The van der Waals surface area contributed by atoms with Crippen molar-refractivity contribution < 1.29 is 19.4 Å². The van der Waals surface area contributed by atoms with Gasteiger partial charge in [-0.2, -0.15) is 0 Å². The molecule has 2 rings (SSSR count). The fraction of sp³-hybridized carbons (Fsp3) is 0.400. The van der Waals surface area contributed by atoms with Gasteiger partial charge in [0.05, 0.1) is 6.61 Å². The maximum Gasteiger partial charge on any atom is 0.331 e. The number of rotatable bonds is 10. The van der Waals surface area contributed by atoms with Crippen molar-refractivity contribution in [3.8, 4) is 16.9 Å². The number of unbranched alkanes of at least 4 members (excludes halogenated alkanes) is 3. The Morgan fingerprint density at radius 3 is 2.07 bits per heavy atom. The van der Waals surface area contributed by atoms with Crippen LogP contribution in [0.25, 0.3) is 17.2 Å². The third-order valence-corrected chi connectivity index (χ3v) is 4.24. The lowest BCUT2D eigenvalue weighted by Gasteiger charge is -2.17. The van der Waals surface area contributed by atoms with Crippen LogP contribution in [0, 0.1) is 0 Å². The number of esters is 1. The maximum atomic E-state index is 11.8. The van der Waals surface area contributed by atoms with Crippen LogP contribution < -0.4 is 4.74 Å². The number of carbonyl (C=O) groups is 1. The molecule has 0 fully saturated rings. The predicted molar refractivity (Wildman–Crippen MR) is 118 cm³/mol. The second kappa shape index (κ2) is 11.4. The average molecular weight is 397 g/mol. The monoisotopic (exact) mass is 396 g/mol. The zero-order valence-corrected chi connectivity index (χ0v) is 17.7. The first kappa shape index (κ1) is 22.7. The molecule has 0 amide bonds. The number of aliphatic hydroxyl groups excluding tert-OH is 1. The summed E-state index contributed by atoms with van der Waals surface area (Å²) in [7, 11) is 0. The second-order valence-corrected chi connectivity index (χ2v) is 8.00. The minimum Gasteiger partial charge on any atom is -0.494 e. The fourth-order valence-electron chi connectivity index (χ4n) is 2.79. The first-order chi connectivity index (χ1) is 13.9. The van der Waals surface area contributed by atoms with Gasteiger partial charge in [0, 0.05) is 12.7 Å². The Morgan fingerprint density at radius 2 is 1.48 bits per heavy atom. The van der Waals surface area contributed by atoms with Gasteiger partial charge >= 0.3 is 5.97 Å². The lowest BCUT2D eigenvalue weighted by molar-refractivity contribution is -0.148. The Kier molecular flexibility index (Phi) is 8.94. The highest BCUT2D eigenvalue weighted by atomic mass is 16.6. The molecule has 0 saturated carbocycles. The van der Waals surface area contributed by atoms with E-state index in [1.54, 1.807) is 6.08 Å². The smallest absolute Gasteiger partial charge is 0.331 e. The molecule has 0 spiro atoms. The van der Waals surface area contributed by atoms with E-state index in [0.29, 0.717) is 6.61 Å². The van der Waals surface area contributed by atoms with Gasteiger partial charge in [0.2, 0.25) is 0 Å². The van der Waals surface area contributed by atoms with E-state index in [-0.39, 0.29) is 12.6 Å². The molecule has 0 saturated heterocycles. The molecule has 0 atom stereocenters. The number of ether oxygens (including phenoxy) is 2. The minimum atomic E-state index is -0.485. The molecule has 2 aromatic rings. The number of hydrogen-bond donors (Lipinski definition) is 1. The van der Waals surface area contributed by atoms with E-state index in [9.17, 15) is 4.79 Å². The molecule has 4 heteroatoms. The standard InChI is InChI=1S/C25H32O4/c1-25(2,3)29-24(27)17-10-20-8-11-21(12-9-20)22-13-15-23(16-14-22)28-19-7-5-4-6-18-26/h8-17,26H,4-7,18-19H2,1-3H3/b17-10+. The number of carbonyl (C=O) groups excluding carboxylic acids is 1. The van der Waals surface area contributed by atoms with Gasteiger partial charge in [-0.25, -0.2) is 4.79 Å². The number of benzene rings is 2. The maximum absolute atomic E-state index is 11.8. The molecule has 0 radical (unpaired) electrons. The summed E-state index contributed by atoms with van der Waals surface area (Å²) in [5, 5.41) is 8.77. The van der Waals surface area contributed by atoms with Crippen molar-refractivity contribution >= 4 is 12.0 Å². The Balaban J connectivity index is 1.85. The van der Waals surface area contributed by atoms with E-state index in [2.05, 4.69) is 0 Å². The van der Waals surface area contributed by atoms with Gasteiger partial charge in [-0.05, 0) is 74.9 Å². The van der Waals surface area contributed by atoms with Crippen molar-refractivity contribution in [1.29, 1.82) is 0 Å². The molecule has 0 aliphatic heterocycles. The zero-order chi connectivity index (χ0) is 21.1. The van der Waals surface area contributed by atoms with Crippen molar-refractivity contribution in [2.45, 2.75) is 52.1 Å². The molecule has 0 aromatic heterocycles. The van der Waals surface area contributed by atoms with E-state index in [0.717, 1.165) is 48.1 Å². The van der Waals surface area contributed by atoms with Crippen LogP contribution in [0.15, 0.2) is 54.6 Å². The van der Waals surface area contributed by atoms with Crippen molar-refractivity contribution in [1.82, 2.24) is 0 Å². The van der Waals surface area contributed by atoms with Gasteiger partial charge in [0.15, 0.2) is 0 Å². The highest BCUT2D eigenvalue weighted by molar-refractivity contribution is 5.87. The Labute approximate surface area is 174 Å². The van der Waals surface area contributed by atoms with Crippen molar-refractivity contribution in [2.24, 2.45) is 0 Å². The largest absolute Gasteiger partial charge is 0.494 e. The highest BCUT2D eigenvalue weighted by Gasteiger charge is 2.13. The van der Waals surface area contributed by atoms with Crippen LogP contribution in [0.1, 0.15) is 52.0 Å². The summed E-state index contributed by atoms with van der Waals surface area (Å²) in [5.74, 6) is 0.526. The van der Waals surface area contributed by atoms with Crippen LogP contribution in [0.2, 0.25) is 0 Å². The van der Waals surface area contributed by atoms with Crippen LogP contribution >= 0.6 is 0 Å². The Bertz CT molecular complexity index is 768. The molecule has 29 heavy (non-hydrogen) atoms. The van der Waals surface area contributed by atoms with Crippen LogP contribution in [0.5, 0.6) is 5.75 Å². The van der Waals surface area contributed by atoms with Crippen molar-refractivity contribution in [3.63, 3.8) is 0 Å². The van der Waals surface area contributed by atoms with Gasteiger partial charge < -0.3 is 14.6 Å². The predicted octanol–water partition coefficient (Wildman–Crippen LogP) is 5.64. The van der Waals surface area contributed by atoms with Gasteiger partial charge in [0.25, 0.3) is 0 Å². The minimum absolute atomic E-state index is 0.267. The van der Waals surface area contributed by atoms with Crippen LogP contribution in [-0.4, -0.2) is 29.9 Å². The zero-order valence-electron chi connectivity index (χ0n) is 17.7. The summed E-state index contributed by atoms with van der Waals surface area (Å²) in [4.78, 5) is 11.8. The lowest BCUT2D eigenvalue weighted by Crippen LogP contribution is -2.22. The van der Waals surface area contributed by atoms with Gasteiger partial charge in [-0.15, -0.1) is 0 Å². The molecule has 0 aliphatic carbocycles. The quantitative estimate of drug-likeness (QED) is 0.321. The van der Waals surface area contributed by atoms with Crippen LogP contribution in [0.4, 0.5) is 0 Å². The summed E-state index contributed by atoms with van der Waals surface area (Å²) in [6.45, 7) is 6.52. The van der Waals surface area contributed by atoms with E-state index < -0.39 is 5.60 Å². The summed E-state index contributed by atoms with van der Waals surface area (Å²) < 4.78 is 11.0. The SMILES string of the molecule is CC(C)(C)OC(=O)/C=C/c1ccc(-c2ccc(OCCCCCCO)cc2)cc1. The molecule has 156 valence electrons. The first-order valence-electron chi connectivity index (χ1n) is 10.2. The fourth-order valence-corrected chi connectivity index (χ4v) is 2.79. The highest BCUT2D eigenvalue weighted by Crippen LogP contribution is 2.23. The molecule has 1 N–H and O–H groups in total. The van der Waals surface area contributed by atoms with E-state index in [4.69, 9.17) is 14.6 Å². The molecule has 0 bridgehead atoms. The molecular formula is C25H32O4. The van der Waals surface area contributed by atoms with Crippen molar-refractivity contribution in [2.75, 3.05) is 13.2 Å². The molecule has 4 nitrogen and oxygen atoms in total. The van der Waals surface area contributed by atoms with Gasteiger partial charge in [-0.3, -0.25) is 0 Å².